The highest BCUT2D eigenvalue weighted by Crippen LogP contribution is 2.30. The predicted octanol–water partition coefficient (Wildman–Crippen LogP) is 5.91. The highest BCUT2D eigenvalue weighted by atomic mass is 16.5. The van der Waals surface area contributed by atoms with E-state index in [2.05, 4.69) is 23.0 Å². The molecule has 0 bridgehead atoms. The van der Waals surface area contributed by atoms with Crippen LogP contribution in [0.25, 0.3) is 22.5 Å². The lowest BCUT2D eigenvalue weighted by atomic mass is 10.1. The lowest BCUT2D eigenvalue weighted by Gasteiger charge is -2.10. The molecule has 2 heterocycles. The highest BCUT2D eigenvalue weighted by molar-refractivity contribution is 5.64. The van der Waals surface area contributed by atoms with Crippen molar-refractivity contribution in [3.05, 3.63) is 96.8 Å². The molecule has 3 nitrogen and oxygen atoms in total. The zero-order valence-electron chi connectivity index (χ0n) is 14.5. The Balaban J connectivity index is 1.65. The van der Waals surface area contributed by atoms with Crippen molar-refractivity contribution in [1.82, 2.24) is 9.97 Å². The van der Waals surface area contributed by atoms with E-state index in [0.717, 1.165) is 39.6 Å². The number of benzene rings is 2. The summed E-state index contributed by atoms with van der Waals surface area (Å²) in [6.45, 7) is 2.06. The van der Waals surface area contributed by atoms with Gasteiger partial charge in [0.25, 0.3) is 0 Å². The first-order chi connectivity index (χ1) is 12.8. The molecule has 2 aromatic heterocycles. The van der Waals surface area contributed by atoms with Crippen LogP contribution in [0.15, 0.2) is 91.3 Å². The van der Waals surface area contributed by atoms with Gasteiger partial charge in [0, 0.05) is 23.5 Å². The second-order valence-electron chi connectivity index (χ2n) is 6.09. The highest BCUT2D eigenvalue weighted by Gasteiger charge is 2.06. The van der Waals surface area contributed by atoms with Crippen LogP contribution in [0.4, 0.5) is 0 Å². The number of rotatable bonds is 4. The van der Waals surface area contributed by atoms with E-state index in [1.165, 1.54) is 0 Å². The normalized spacial score (nSPS) is 10.5. The maximum Gasteiger partial charge on any atom is 0.128 e. The first-order valence-corrected chi connectivity index (χ1v) is 8.50. The molecule has 4 aromatic rings. The number of ether oxygens (including phenoxy) is 1. The Bertz CT molecular complexity index is 1010. The van der Waals surface area contributed by atoms with Crippen LogP contribution in [0.5, 0.6) is 11.5 Å². The van der Waals surface area contributed by atoms with Gasteiger partial charge in [-0.1, -0.05) is 24.3 Å². The van der Waals surface area contributed by atoms with Crippen LogP contribution in [0.2, 0.25) is 0 Å². The Labute approximate surface area is 153 Å². The van der Waals surface area contributed by atoms with E-state index in [4.69, 9.17) is 4.74 Å². The molecular formula is C23H18N2O. The van der Waals surface area contributed by atoms with E-state index in [1.54, 1.807) is 12.4 Å². The minimum absolute atomic E-state index is 0.783. The standard InChI is InChI=1S/C23H18N2O/c1-17-13-19(23-10-3-5-12-25-23)16-21(14-17)26-20-8-6-7-18(15-20)22-9-2-4-11-24-22/h2-16H,1H3. The average molecular weight is 338 g/mol. The number of hydrogen-bond donors (Lipinski definition) is 0. The Morgan fingerprint density at radius 1 is 0.615 bits per heavy atom. The molecule has 0 aliphatic carbocycles. The van der Waals surface area contributed by atoms with Crippen molar-refractivity contribution >= 4 is 0 Å². The van der Waals surface area contributed by atoms with Gasteiger partial charge in [0.1, 0.15) is 11.5 Å². The van der Waals surface area contributed by atoms with Gasteiger partial charge in [-0.15, -0.1) is 0 Å². The van der Waals surface area contributed by atoms with Gasteiger partial charge in [-0.05, 0) is 67.1 Å². The molecule has 0 radical (unpaired) electrons. The van der Waals surface area contributed by atoms with Crippen molar-refractivity contribution in [2.45, 2.75) is 6.92 Å². The van der Waals surface area contributed by atoms with Crippen LogP contribution >= 0.6 is 0 Å². The number of hydrogen-bond acceptors (Lipinski definition) is 3. The van der Waals surface area contributed by atoms with Crippen molar-refractivity contribution in [1.29, 1.82) is 0 Å². The third kappa shape index (κ3) is 3.62. The molecule has 4 rings (SSSR count). The maximum absolute atomic E-state index is 6.13. The lowest BCUT2D eigenvalue weighted by molar-refractivity contribution is 0.482. The summed E-state index contributed by atoms with van der Waals surface area (Å²) in [7, 11) is 0. The van der Waals surface area contributed by atoms with Gasteiger partial charge in [-0.2, -0.15) is 0 Å². The fraction of sp³-hybridized carbons (Fsp3) is 0.0435. The predicted molar refractivity (Wildman–Crippen MR) is 104 cm³/mol. The Morgan fingerprint density at radius 3 is 2.00 bits per heavy atom. The summed E-state index contributed by atoms with van der Waals surface area (Å²) in [5.41, 5.74) is 5.06. The molecule has 26 heavy (non-hydrogen) atoms. The number of aryl methyl sites for hydroxylation is 1. The Kier molecular flexibility index (Phi) is 4.44. The summed E-state index contributed by atoms with van der Waals surface area (Å²) in [6.07, 6.45) is 3.59. The summed E-state index contributed by atoms with van der Waals surface area (Å²) in [4.78, 5) is 8.83. The number of aromatic nitrogens is 2. The van der Waals surface area contributed by atoms with E-state index in [9.17, 15) is 0 Å². The van der Waals surface area contributed by atoms with E-state index in [-0.39, 0.29) is 0 Å². The van der Waals surface area contributed by atoms with Crippen molar-refractivity contribution in [2.24, 2.45) is 0 Å². The van der Waals surface area contributed by atoms with Gasteiger partial charge in [0.05, 0.1) is 11.4 Å². The first-order valence-electron chi connectivity index (χ1n) is 8.50. The Hall–Kier alpha value is -3.46. The first kappa shape index (κ1) is 16.0. The summed E-state index contributed by atoms with van der Waals surface area (Å²) >= 11 is 0. The van der Waals surface area contributed by atoms with Crippen molar-refractivity contribution < 1.29 is 4.74 Å². The molecular weight excluding hydrogens is 320 g/mol. The Morgan fingerprint density at radius 2 is 1.31 bits per heavy atom. The third-order valence-electron chi connectivity index (χ3n) is 4.04. The molecule has 0 aliphatic rings. The SMILES string of the molecule is Cc1cc(Oc2cccc(-c3ccccn3)c2)cc(-c2ccccn2)c1. The molecule has 0 N–H and O–H groups in total. The quantitative estimate of drug-likeness (QED) is 0.464. The molecule has 0 aliphatic heterocycles. The van der Waals surface area contributed by atoms with Crippen molar-refractivity contribution in [3.63, 3.8) is 0 Å². The van der Waals surface area contributed by atoms with Gasteiger partial charge in [-0.3, -0.25) is 9.97 Å². The van der Waals surface area contributed by atoms with Crippen LogP contribution in [0.1, 0.15) is 5.56 Å². The smallest absolute Gasteiger partial charge is 0.128 e. The molecule has 3 heteroatoms. The molecule has 126 valence electrons. The van der Waals surface area contributed by atoms with E-state index in [1.807, 2.05) is 72.8 Å². The monoisotopic (exact) mass is 338 g/mol. The van der Waals surface area contributed by atoms with Gasteiger partial charge in [0.15, 0.2) is 0 Å². The van der Waals surface area contributed by atoms with Crippen molar-refractivity contribution in [2.75, 3.05) is 0 Å². The van der Waals surface area contributed by atoms with Crippen molar-refractivity contribution in [3.8, 4) is 34.0 Å². The molecule has 2 aromatic carbocycles. The third-order valence-corrected chi connectivity index (χ3v) is 4.04. The molecule has 0 unspecified atom stereocenters. The second kappa shape index (κ2) is 7.19. The van der Waals surface area contributed by atoms with Crippen LogP contribution in [-0.2, 0) is 0 Å². The summed E-state index contributed by atoms with van der Waals surface area (Å²) in [5, 5.41) is 0. The molecule has 0 saturated heterocycles. The van der Waals surface area contributed by atoms with Gasteiger partial charge >= 0.3 is 0 Å². The maximum atomic E-state index is 6.13. The fourth-order valence-corrected chi connectivity index (χ4v) is 2.88. The van der Waals surface area contributed by atoms with Crippen LogP contribution in [0, 0.1) is 6.92 Å². The van der Waals surface area contributed by atoms with Gasteiger partial charge in [-0.25, -0.2) is 0 Å². The van der Waals surface area contributed by atoms with Crippen LogP contribution in [-0.4, -0.2) is 9.97 Å². The molecule has 0 fully saturated rings. The van der Waals surface area contributed by atoms with E-state index in [0.29, 0.717) is 0 Å². The molecule has 0 saturated carbocycles. The van der Waals surface area contributed by atoms with E-state index >= 15 is 0 Å². The zero-order valence-corrected chi connectivity index (χ0v) is 14.5. The topological polar surface area (TPSA) is 35.0 Å². The van der Waals surface area contributed by atoms with Gasteiger partial charge < -0.3 is 4.74 Å². The van der Waals surface area contributed by atoms with Crippen LogP contribution < -0.4 is 4.74 Å². The molecule has 0 amide bonds. The summed E-state index contributed by atoms with van der Waals surface area (Å²) < 4.78 is 6.13. The fourth-order valence-electron chi connectivity index (χ4n) is 2.88. The zero-order chi connectivity index (χ0) is 17.8. The number of pyridine rings is 2. The van der Waals surface area contributed by atoms with Gasteiger partial charge in [0.2, 0.25) is 0 Å². The van der Waals surface area contributed by atoms with E-state index < -0.39 is 0 Å². The molecule has 0 spiro atoms. The van der Waals surface area contributed by atoms with Crippen LogP contribution in [0.3, 0.4) is 0 Å². The lowest BCUT2D eigenvalue weighted by Crippen LogP contribution is -1.89. The summed E-state index contributed by atoms with van der Waals surface area (Å²) in [5.74, 6) is 1.58. The second-order valence-corrected chi connectivity index (χ2v) is 6.09. The minimum atomic E-state index is 0.783. The summed E-state index contributed by atoms with van der Waals surface area (Å²) in [6, 6.07) is 25.9. The number of nitrogens with zero attached hydrogens (tertiary/aromatic N) is 2. The minimum Gasteiger partial charge on any atom is -0.457 e. The average Bonchev–Trinajstić information content (AvgIpc) is 2.69. The molecule has 0 atom stereocenters. The largest absolute Gasteiger partial charge is 0.457 e.